The molecule has 9 heteroatoms. The highest BCUT2D eigenvalue weighted by atomic mass is 32.2. The molecule has 7 nitrogen and oxygen atoms in total. The number of nitrogens with one attached hydrogen (secondary N) is 1. The lowest BCUT2D eigenvalue weighted by Gasteiger charge is -2.30. The average molecular weight is 450 g/mol. The first-order valence-electron chi connectivity index (χ1n) is 9.85. The summed E-state index contributed by atoms with van der Waals surface area (Å²) in [6, 6.07) is 14.4. The lowest BCUT2D eigenvalue weighted by Crippen LogP contribution is -2.50. The first-order chi connectivity index (χ1) is 14.6. The lowest BCUT2D eigenvalue weighted by atomic mass is 10.1. The molecular weight excluding hydrogens is 421 g/mol. The van der Waals surface area contributed by atoms with E-state index in [1.807, 2.05) is 30.3 Å². The fourth-order valence-electron chi connectivity index (χ4n) is 2.89. The zero-order valence-electron chi connectivity index (χ0n) is 17.9. The number of halogens is 1. The van der Waals surface area contributed by atoms with Crippen LogP contribution >= 0.6 is 0 Å². The van der Waals surface area contributed by atoms with Gasteiger partial charge in [-0.2, -0.15) is 4.31 Å². The summed E-state index contributed by atoms with van der Waals surface area (Å²) in [6.45, 7) is 1.63. The standard InChI is InChI=1S/C22H28FN3O4S/c1-17(22(28)24-14-13-18-7-5-4-6-8-18)26(15-19-9-11-20(23)12-10-19)21(27)16-25(2)31(3,29)30/h4-12,17H,13-16H2,1-3H3,(H,24,28)/t17-/m0/s1. The highest BCUT2D eigenvalue weighted by Crippen LogP contribution is 2.12. The zero-order valence-corrected chi connectivity index (χ0v) is 18.7. The van der Waals surface area contributed by atoms with Crippen LogP contribution in [0.25, 0.3) is 0 Å². The smallest absolute Gasteiger partial charge is 0.242 e. The van der Waals surface area contributed by atoms with E-state index in [9.17, 15) is 22.4 Å². The maximum absolute atomic E-state index is 13.2. The number of sulfonamides is 1. The molecule has 0 aliphatic rings. The third-order valence-electron chi connectivity index (χ3n) is 4.91. The summed E-state index contributed by atoms with van der Waals surface area (Å²) in [7, 11) is -2.27. The monoisotopic (exact) mass is 449 g/mol. The molecule has 1 N–H and O–H groups in total. The quantitative estimate of drug-likeness (QED) is 0.599. The van der Waals surface area contributed by atoms with Crippen molar-refractivity contribution in [2.24, 2.45) is 0 Å². The second-order valence-electron chi connectivity index (χ2n) is 7.37. The highest BCUT2D eigenvalue weighted by molar-refractivity contribution is 7.88. The summed E-state index contributed by atoms with van der Waals surface area (Å²) in [6.07, 6.45) is 1.65. The molecule has 0 fully saturated rings. The van der Waals surface area contributed by atoms with Gasteiger partial charge in [0.25, 0.3) is 0 Å². The van der Waals surface area contributed by atoms with Crippen molar-refractivity contribution in [1.82, 2.24) is 14.5 Å². The number of carbonyl (C=O) groups excluding carboxylic acids is 2. The molecule has 0 unspecified atom stereocenters. The Hall–Kier alpha value is -2.78. The fraction of sp³-hybridized carbons (Fsp3) is 0.364. The van der Waals surface area contributed by atoms with Crippen molar-refractivity contribution in [3.63, 3.8) is 0 Å². The van der Waals surface area contributed by atoms with E-state index in [1.54, 1.807) is 6.92 Å². The second-order valence-corrected chi connectivity index (χ2v) is 9.46. The summed E-state index contributed by atoms with van der Waals surface area (Å²) in [5, 5.41) is 2.82. The van der Waals surface area contributed by atoms with Gasteiger partial charge in [-0.25, -0.2) is 12.8 Å². The van der Waals surface area contributed by atoms with Gasteiger partial charge in [0, 0.05) is 20.1 Å². The van der Waals surface area contributed by atoms with Crippen LogP contribution in [0.4, 0.5) is 4.39 Å². The molecule has 0 aliphatic carbocycles. The molecule has 0 saturated heterocycles. The normalized spacial score (nSPS) is 12.4. The zero-order chi connectivity index (χ0) is 23.0. The predicted octanol–water partition coefficient (Wildman–Crippen LogP) is 1.79. The molecule has 1 atom stereocenters. The molecule has 0 saturated carbocycles. The van der Waals surface area contributed by atoms with Gasteiger partial charge in [0.2, 0.25) is 21.8 Å². The molecular formula is C22H28FN3O4S. The van der Waals surface area contributed by atoms with Crippen LogP contribution in [0.2, 0.25) is 0 Å². The molecule has 0 aliphatic heterocycles. The Bertz CT molecular complexity index is 982. The molecule has 0 spiro atoms. The molecule has 2 amide bonds. The molecule has 2 aromatic rings. The van der Waals surface area contributed by atoms with Crippen molar-refractivity contribution in [3.8, 4) is 0 Å². The maximum atomic E-state index is 13.2. The van der Waals surface area contributed by atoms with Gasteiger partial charge in [-0.15, -0.1) is 0 Å². The number of nitrogens with zero attached hydrogens (tertiary/aromatic N) is 2. The summed E-state index contributed by atoms with van der Waals surface area (Å²) >= 11 is 0. The van der Waals surface area contributed by atoms with Crippen LogP contribution in [0.3, 0.4) is 0 Å². The van der Waals surface area contributed by atoms with E-state index >= 15 is 0 Å². The molecule has 0 aromatic heterocycles. The third kappa shape index (κ3) is 7.76. The third-order valence-corrected chi connectivity index (χ3v) is 6.17. The van der Waals surface area contributed by atoms with E-state index in [-0.39, 0.29) is 12.5 Å². The lowest BCUT2D eigenvalue weighted by molar-refractivity contribution is -0.140. The predicted molar refractivity (Wildman–Crippen MR) is 117 cm³/mol. The molecule has 2 rings (SSSR count). The van der Waals surface area contributed by atoms with E-state index in [0.717, 1.165) is 16.1 Å². The largest absolute Gasteiger partial charge is 0.354 e. The molecule has 0 radical (unpaired) electrons. The van der Waals surface area contributed by atoms with Gasteiger partial charge in [0.1, 0.15) is 11.9 Å². The van der Waals surface area contributed by atoms with Gasteiger partial charge >= 0.3 is 0 Å². The van der Waals surface area contributed by atoms with Crippen molar-refractivity contribution in [2.45, 2.75) is 25.9 Å². The van der Waals surface area contributed by atoms with Gasteiger partial charge in [0.15, 0.2) is 0 Å². The minimum Gasteiger partial charge on any atom is -0.354 e. The van der Waals surface area contributed by atoms with Gasteiger partial charge in [-0.1, -0.05) is 42.5 Å². The van der Waals surface area contributed by atoms with Crippen LogP contribution in [0.1, 0.15) is 18.1 Å². The van der Waals surface area contributed by atoms with Crippen LogP contribution in [0, 0.1) is 5.82 Å². The number of carbonyl (C=O) groups is 2. The van der Waals surface area contributed by atoms with E-state index in [2.05, 4.69) is 5.32 Å². The van der Waals surface area contributed by atoms with Gasteiger partial charge in [-0.3, -0.25) is 9.59 Å². The highest BCUT2D eigenvalue weighted by Gasteiger charge is 2.28. The molecule has 31 heavy (non-hydrogen) atoms. The number of hydrogen-bond donors (Lipinski definition) is 1. The van der Waals surface area contributed by atoms with Crippen LogP contribution in [-0.4, -0.2) is 61.9 Å². The average Bonchev–Trinajstić information content (AvgIpc) is 2.72. The Balaban J connectivity index is 2.10. The van der Waals surface area contributed by atoms with Gasteiger partial charge < -0.3 is 10.2 Å². The number of likely N-dealkylation sites (N-methyl/N-ethyl adjacent to an activating group) is 1. The summed E-state index contributed by atoms with van der Waals surface area (Å²) in [5.41, 5.74) is 1.70. The van der Waals surface area contributed by atoms with E-state index in [1.165, 1.54) is 36.2 Å². The number of hydrogen-bond acceptors (Lipinski definition) is 4. The Morgan fingerprint density at radius 2 is 1.65 bits per heavy atom. The Labute approximate surface area is 182 Å². The minimum absolute atomic E-state index is 0.0456. The van der Waals surface area contributed by atoms with Gasteiger partial charge in [-0.05, 0) is 36.6 Å². The second kappa shape index (κ2) is 11.0. The van der Waals surface area contributed by atoms with Crippen molar-refractivity contribution < 1.29 is 22.4 Å². The SMILES string of the molecule is C[C@@H](C(=O)NCCc1ccccc1)N(Cc1ccc(F)cc1)C(=O)CN(C)S(C)(=O)=O. The Kier molecular flexibility index (Phi) is 8.70. The van der Waals surface area contributed by atoms with Gasteiger partial charge in [0.05, 0.1) is 12.8 Å². The van der Waals surface area contributed by atoms with E-state index < -0.39 is 34.3 Å². The Morgan fingerprint density at radius 1 is 1.03 bits per heavy atom. The molecule has 0 bridgehead atoms. The van der Waals surface area contributed by atoms with Crippen LogP contribution in [-0.2, 0) is 32.6 Å². The van der Waals surface area contributed by atoms with Crippen molar-refractivity contribution in [3.05, 3.63) is 71.5 Å². The van der Waals surface area contributed by atoms with Crippen LogP contribution in [0.15, 0.2) is 54.6 Å². The summed E-state index contributed by atoms with van der Waals surface area (Å²) in [5.74, 6) is -1.29. The van der Waals surface area contributed by atoms with E-state index in [0.29, 0.717) is 18.5 Å². The number of benzene rings is 2. The van der Waals surface area contributed by atoms with E-state index in [4.69, 9.17) is 0 Å². The van der Waals surface area contributed by atoms with Crippen LogP contribution in [0.5, 0.6) is 0 Å². The minimum atomic E-state index is -3.56. The summed E-state index contributed by atoms with van der Waals surface area (Å²) in [4.78, 5) is 26.9. The first-order valence-corrected chi connectivity index (χ1v) is 11.7. The molecule has 168 valence electrons. The number of rotatable bonds is 10. The summed E-state index contributed by atoms with van der Waals surface area (Å²) < 4.78 is 37.6. The van der Waals surface area contributed by atoms with Crippen molar-refractivity contribution >= 4 is 21.8 Å². The maximum Gasteiger partial charge on any atom is 0.242 e. The fourth-order valence-corrected chi connectivity index (χ4v) is 3.24. The van der Waals surface area contributed by atoms with Crippen molar-refractivity contribution in [2.75, 3.05) is 26.4 Å². The molecule has 0 heterocycles. The molecule has 2 aromatic carbocycles. The Morgan fingerprint density at radius 3 is 2.23 bits per heavy atom. The number of amides is 2. The van der Waals surface area contributed by atoms with Crippen LogP contribution < -0.4 is 5.32 Å². The first kappa shape index (κ1) is 24.5. The van der Waals surface area contributed by atoms with Crippen molar-refractivity contribution in [1.29, 1.82) is 0 Å². The topological polar surface area (TPSA) is 86.8 Å².